The van der Waals surface area contributed by atoms with Crippen LogP contribution in [-0.2, 0) is 19.9 Å². The first kappa shape index (κ1) is 17.4. The minimum absolute atomic E-state index is 0.0372. The van der Waals surface area contributed by atoms with Crippen molar-refractivity contribution in [2.75, 3.05) is 12.8 Å². The predicted octanol–water partition coefficient (Wildman–Crippen LogP) is 1.52. The number of rotatable bonds is 6. The molecule has 0 bridgehead atoms. The van der Waals surface area contributed by atoms with Crippen LogP contribution >= 0.6 is 11.6 Å². The molecule has 0 spiro atoms. The average Bonchev–Trinajstić information content (AvgIpc) is 2.26. The molecule has 0 saturated carbocycles. The van der Waals surface area contributed by atoms with Gasteiger partial charge in [0.05, 0.1) is 4.90 Å². The molecule has 20 heavy (non-hydrogen) atoms. The van der Waals surface area contributed by atoms with Crippen LogP contribution in [0.25, 0.3) is 0 Å². The summed E-state index contributed by atoms with van der Waals surface area (Å²) in [4.78, 5) is -0.951. The Morgan fingerprint density at radius 1 is 1.30 bits per heavy atom. The maximum atomic E-state index is 13.6. The largest absolute Gasteiger partial charge is 0.243 e. The molecule has 1 N–H and O–H groups in total. The Hall–Kier alpha value is -0.700. The van der Waals surface area contributed by atoms with Gasteiger partial charge < -0.3 is 0 Å². The highest BCUT2D eigenvalue weighted by atomic mass is 35.5. The number of alkyl halides is 1. The molecule has 114 valence electrons. The summed E-state index contributed by atoms with van der Waals surface area (Å²) in [5, 5.41) is -0.232. The Bertz CT molecular complexity index is 686. The number of sulfone groups is 1. The van der Waals surface area contributed by atoms with Crippen molar-refractivity contribution in [3.05, 3.63) is 24.0 Å². The van der Waals surface area contributed by atoms with E-state index in [1.807, 2.05) is 0 Å². The highest BCUT2D eigenvalue weighted by Gasteiger charge is 2.21. The van der Waals surface area contributed by atoms with Crippen LogP contribution < -0.4 is 4.72 Å². The lowest BCUT2D eigenvalue weighted by molar-refractivity contribution is 0.553. The molecule has 0 aliphatic rings. The Morgan fingerprint density at radius 2 is 1.90 bits per heavy atom. The highest BCUT2D eigenvalue weighted by Crippen LogP contribution is 2.19. The van der Waals surface area contributed by atoms with Gasteiger partial charge in [0.2, 0.25) is 10.0 Å². The van der Waals surface area contributed by atoms with Gasteiger partial charge in [0.15, 0.2) is 9.84 Å². The van der Waals surface area contributed by atoms with E-state index in [0.29, 0.717) is 6.42 Å². The standard InChI is InChI=1S/C11H15ClFNO4S2/c1-8(12)5-6-14-20(17,18)11-7-9(19(2,15)16)3-4-10(11)13/h3-4,7-8,14H,5-6H2,1-2H3. The van der Waals surface area contributed by atoms with E-state index in [9.17, 15) is 21.2 Å². The lowest BCUT2D eigenvalue weighted by Gasteiger charge is -2.09. The Morgan fingerprint density at radius 3 is 2.40 bits per heavy atom. The molecule has 1 rings (SSSR count). The van der Waals surface area contributed by atoms with E-state index in [1.165, 1.54) is 0 Å². The lowest BCUT2D eigenvalue weighted by Crippen LogP contribution is -2.27. The van der Waals surface area contributed by atoms with Crippen LogP contribution in [0.2, 0.25) is 0 Å². The molecule has 0 radical (unpaired) electrons. The molecule has 0 saturated heterocycles. The van der Waals surface area contributed by atoms with Gasteiger partial charge in [0.1, 0.15) is 10.7 Å². The van der Waals surface area contributed by atoms with Gasteiger partial charge in [-0.05, 0) is 31.5 Å². The fraction of sp³-hybridized carbons (Fsp3) is 0.455. The minimum Gasteiger partial charge on any atom is -0.224 e. The van der Waals surface area contributed by atoms with Crippen molar-refractivity contribution in [2.45, 2.75) is 28.5 Å². The molecule has 0 heterocycles. The predicted molar refractivity (Wildman–Crippen MR) is 74.6 cm³/mol. The Labute approximate surface area is 123 Å². The molecule has 0 aromatic heterocycles. The molecule has 5 nitrogen and oxygen atoms in total. The zero-order valence-corrected chi connectivity index (χ0v) is 13.3. The van der Waals surface area contributed by atoms with Crippen LogP contribution in [-0.4, -0.2) is 35.0 Å². The third-order valence-electron chi connectivity index (χ3n) is 2.45. The van der Waals surface area contributed by atoms with Gasteiger partial charge in [-0.15, -0.1) is 11.6 Å². The maximum Gasteiger partial charge on any atom is 0.243 e. The van der Waals surface area contributed by atoms with Crippen molar-refractivity contribution < 1.29 is 21.2 Å². The summed E-state index contributed by atoms with van der Waals surface area (Å²) in [7, 11) is -7.73. The normalized spacial score (nSPS) is 14.2. The van der Waals surface area contributed by atoms with E-state index in [1.54, 1.807) is 6.92 Å². The van der Waals surface area contributed by atoms with Gasteiger partial charge in [-0.3, -0.25) is 0 Å². The molecule has 0 amide bonds. The molecule has 0 fully saturated rings. The molecule has 1 unspecified atom stereocenters. The van der Waals surface area contributed by atoms with Crippen molar-refractivity contribution >= 4 is 31.5 Å². The van der Waals surface area contributed by atoms with Crippen LogP contribution in [0.15, 0.2) is 28.0 Å². The first-order valence-electron chi connectivity index (χ1n) is 5.67. The molecule has 0 aliphatic heterocycles. The molecular weight excluding hydrogens is 329 g/mol. The van der Waals surface area contributed by atoms with E-state index < -0.39 is 30.6 Å². The third-order valence-corrected chi connectivity index (χ3v) is 5.26. The fourth-order valence-corrected chi connectivity index (χ4v) is 3.37. The van der Waals surface area contributed by atoms with Gasteiger partial charge >= 0.3 is 0 Å². The van der Waals surface area contributed by atoms with E-state index in [2.05, 4.69) is 4.72 Å². The highest BCUT2D eigenvalue weighted by molar-refractivity contribution is 7.91. The zero-order chi connectivity index (χ0) is 15.6. The summed E-state index contributed by atoms with van der Waals surface area (Å²) >= 11 is 5.68. The number of halogens is 2. The number of benzene rings is 1. The molecule has 1 aromatic rings. The smallest absolute Gasteiger partial charge is 0.224 e. The van der Waals surface area contributed by atoms with Crippen LogP contribution in [0.3, 0.4) is 0 Å². The first-order chi connectivity index (χ1) is 9.04. The second-order valence-electron chi connectivity index (χ2n) is 4.33. The third kappa shape index (κ3) is 4.69. The van der Waals surface area contributed by atoms with E-state index in [4.69, 9.17) is 11.6 Å². The zero-order valence-electron chi connectivity index (χ0n) is 10.9. The van der Waals surface area contributed by atoms with Gasteiger partial charge in [-0.1, -0.05) is 0 Å². The van der Waals surface area contributed by atoms with E-state index in [0.717, 1.165) is 24.5 Å². The number of sulfonamides is 1. The van der Waals surface area contributed by atoms with E-state index in [-0.39, 0.29) is 16.8 Å². The van der Waals surface area contributed by atoms with Gasteiger partial charge in [0, 0.05) is 18.2 Å². The van der Waals surface area contributed by atoms with Crippen LogP contribution in [0.5, 0.6) is 0 Å². The maximum absolute atomic E-state index is 13.6. The van der Waals surface area contributed by atoms with Crippen LogP contribution in [0, 0.1) is 5.82 Å². The monoisotopic (exact) mass is 343 g/mol. The Balaban J connectivity index is 3.12. The van der Waals surface area contributed by atoms with Crippen molar-refractivity contribution in [2.24, 2.45) is 0 Å². The SMILES string of the molecule is CC(Cl)CCNS(=O)(=O)c1cc(S(C)(=O)=O)ccc1F. The molecular formula is C11H15ClFNO4S2. The minimum atomic E-state index is -4.12. The van der Waals surface area contributed by atoms with Crippen molar-refractivity contribution in [3.63, 3.8) is 0 Å². The van der Waals surface area contributed by atoms with Gasteiger partial charge in [0.25, 0.3) is 0 Å². The quantitative estimate of drug-likeness (QED) is 0.627. The Kier molecular flexibility index (Phi) is 5.54. The van der Waals surface area contributed by atoms with E-state index >= 15 is 0 Å². The summed E-state index contributed by atoms with van der Waals surface area (Å²) in [5.41, 5.74) is 0. The van der Waals surface area contributed by atoms with Crippen molar-refractivity contribution in [1.29, 1.82) is 0 Å². The van der Waals surface area contributed by atoms with Gasteiger partial charge in [-0.25, -0.2) is 25.9 Å². The fourth-order valence-electron chi connectivity index (χ4n) is 1.39. The number of nitrogens with one attached hydrogen (secondary N) is 1. The van der Waals surface area contributed by atoms with Crippen molar-refractivity contribution in [3.8, 4) is 0 Å². The van der Waals surface area contributed by atoms with Crippen molar-refractivity contribution in [1.82, 2.24) is 4.72 Å². The summed E-state index contributed by atoms with van der Waals surface area (Å²) in [6.45, 7) is 1.73. The van der Waals surface area contributed by atoms with Gasteiger partial charge in [-0.2, -0.15) is 0 Å². The second-order valence-corrected chi connectivity index (χ2v) is 8.83. The molecule has 1 aromatic carbocycles. The van der Waals surface area contributed by atoms with Crippen LogP contribution in [0.1, 0.15) is 13.3 Å². The lowest BCUT2D eigenvalue weighted by atomic mass is 10.3. The average molecular weight is 344 g/mol. The summed E-state index contributed by atoms with van der Waals surface area (Å²) in [6.07, 6.45) is 1.29. The second kappa shape index (κ2) is 6.38. The molecule has 1 atom stereocenters. The summed E-state index contributed by atoms with van der Waals surface area (Å²) in [6, 6.07) is 2.64. The molecule has 0 aliphatic carbocycles. The number of hydrogen-bond donors (Lipinski definition) is 1. The summed E-state index contributed by atoms with van der Waals surface area (Å²) < 4.78 is 62.4. The topological polar surface area (TPSA) is 80.3 Å². The molecule has 9 heteroatoms. The first-order valence-corrected chi connectivity index (χ1v) is 9.48. The number of hydrogen-bond acceptors (Lipinski definition) is 4. The summed E-state index contributed by atoms with van der Waals surface area (Å²) in [5.74, 6) is -1.01. The van der Waals surface area contributed by atoms with Crippen LogP contribution in [0.4, 0.5) is 4.39 Å².